The van der Waals surface area contributed by atoms with Crippen LogP contribution in [-0.2, 0) is 19.7 Å². The van der Waals surface area contributed by atoms with Gasteiger partial charge >= 0.3 is 0 Å². The maximum atomic E-state index is 13.2. The Morgan fingerprint density at radius 3 is 2.10 bits per heavy atom. The second-order valence-corrected chi connectivity index (χ2v) is 11.7. The van der Waals surface area contributed by atoms with Gasteiger partial charge in [-0.05, 0) is 44.5 Å². The molecule has 0 spiro atoms. The molecule has 0 saturated carbocycles. The molecule has 1 N–H and O–H groups in total. The molecule has 9 heteroatoms. The Hall–Kier alpha value is -2.23. The standard InChI is InChI=1S/C20H22N2O4S3/c1-4-15(3)21-18-19(28(23,24)17-12-10-14(2)11-13-17)22-20(27-18)29(25,26)16-8-6-5-7-9-16/h5-13,15,21H,4H2,1-3H3. The smallest absolute Gasteiger partial charge is 0.233 e. The van der Waals surface area contributed by atoms with Gasteiger partial charge in [0.15, 0.2) is 5.03 Å². The van der Waals surface area contributed by atoms with E-state index in [0.29, 0.717) is 0 Å². The fourth-order valence-corrected chi connectivity index (χ4v) is 6.94. The van der Waals surface area contributed by atoms with Crippen molar-refractivity contribution in [1.29, 1.82) is 0 Å². The molecule has 2 aromatic carbocycles. The van der Waals surface area contributed by atoms with Gasteiger partial charge in [-0.25, -0.2) is 21.8 Å². The second-order valence-electron chi connectivity index (χ2n) is 6.70. The second kappa shape index (κ2) is 8.25. The van der Waals surface area contributed by atoms with Gasteiger partial charge in [0, 0.05) is 6.04 Å². The monoisotopic (exact) mass is 450 g/mol. The topological polar surface area (TPSA) is 93.2 Å². The SMILES string of the molecule is CCC(C)Nc1sc(S(=O)(=O)c2ccccc2)nc1S(=O)(=O)c1ccc(C)cc1. The number of benzene rings is 2. The minimum atomic E-state index is -3.99. The van der Waals surface area contributed by atoms with Crippen LogP contribution in [0.1, 0.15) is 25.8 Å². The van der Waals surface area contributed by atoms with Crippen LogP contribution in [0.25, 0.3) is 0 Å². The normalized spacial score (nSPS) is 13.2. The minimum absolute atomic E-state index is 0.0466. The van der Waals surface area contributed by atoms with Gasteiger partial charge in [-0.15, -0.1) is 0 Å². The van der Waals surface area contributed by atoms with Gasteiger partial charge in [0.1, 0.15) is 5.00 Å². The van der Waals surface area contributed by atoms with Gasteiger partial charge in [0.2, 0.25) is 24.0 Å². The fraction of sp³-hybridized carbons (Fsp3) is 0.250. The van der Waals surface area contributed by atoms with Crippen LogP contribution in [0.4, 0.5) is 5.00 Å². The first-order valence-corrected chi connectivity index (χ1v) is 12.8. The zero-order valence-electron chi connectivity index (χ0n) is 16.3. The summed E-state index contributed by atoms with van der Waals surface area (Å²) >= 11 is 0.840. The van der Waals surface area contributed by atoms with E-state index in [1.54, 1.807) is 30.3 Å². The van der Waals surface area contributed by atoms with Crippen LogP contribution in [-0.4, -0.2) is 27.9 Å². The van der Waals surface area contributed by atoms with Crippen molar-refractivity contribution in [2.24, 2.45) is 0 Å². The molecule has 6 nitrogen and oxygen atoms in total. The molecule has 1 atom stereocenters. The van der Waals surface area contributed by atoms with Crippen molar-refractivity contribution >= 4 is 36.0 Å². The van der Waals surface area contributed by atoms with Crippen LogP contribution in [0.15, 0.2) is 73.8 Å². The van der Waals surface area contributed by atoms with Crippen LogP contribution in [0.5, 0.6) is 0 Å². The first-order chi connectivity index (χ1) is 13.7. The molecule has 29 heavy (non-hydrogen) atoms. The van der Waals surface area contributed by atoms with E-state index in [-0.39, 0.29) is 30.2 Å². The molecular weight excluding hydrogens is 428 g/mol. The van der Waals surface area contributed by atoms with Crippen LogP contribution in [0, 0.1) is 6.92 Å². The van der Waals surface area contributed by atoms with E-state index in [9.17, 15) is 16.8 Å². The van der Waals surface area contributed by atoms with Crippen molar-refractivity contribution in [2.45, 2.75) is 52.4 Å². The highest BCUT2D eigenvalue weighted by molar-refractivity contribution is 7.94. The van der Waals surface area contributed by atoms with Crippen molar-refractivity contribution in [1.82, 2.24) is 4.98 Å². The molecule has 0 saturated heterocycles. The average Bonchev–Trinajstić information content (AvgIpc) is 3.14. The van der Waals surface area contributed by atoms with E-state index in [0.717, 1.165) is 23.3 Å². The van der Waals surface area contributed by atoms with E-state index >= 15 is 0 Å². The number of anilines is 1. The molecule has 3 aromatic rings. The van der Waals surface area contributed by atoms with Gasteiger partial charge in [0.25, 0.3) is 0 Å². The highest BCUT2D eigenvalue weighted by Crippen LogP contribution is 2.37. The van der Waals surface area contributed by atoms with E-state index in [1.165, 1.54) is 24.3 Å². The number of aromatic nitrogens is 1. The lowest BCUT2D eigenvalue weighted by molar-refractivity contribution is 0.589. The maximum absolute atomic E-state index is 13.2. The van der Waals surface area contributed by atoms with Crippen LogP contribution < -0.4 is 5.32 Å². The van der Waals surface area contributed by atoms with E-state index in [4.69, 9.17) is 0 Å². The lowest BCUT2D eigenvalue weighted by Gasteiger charge is -2.12. The molecule has 154 valence electrons. The number of hydrogen-bond acceptors (Lipinski definition) is 7. The van der Waals surface area contributed by atoms with Crippen LogP contribution in [0.2, 0.25) is 0 Å². The van der Waals surface area contributed by atoms with Crippen molar-refractivity contribution < 1.29 is 16.8 Å². The molecule has 1 heterocycles. The summed E-state index contributed by atoms with van der Waals surface area (Å²) in [6, 6.07) is 14.2. The van der Waals surface area contributed by atoms with Crippen molar-refractivity contribution in [3.05, 3.63) is 60.2 Å². The summed E-state index contributed by atoms with van der Waals surface area (Å²) in [6.07, 6.45) is 0.739. The number of thiazole rings is 1. The highest BCUT2D eigenvalue weighted by atomic mass is 32.2. The van der Waals surface area contributed by atoms with Gasteiger partial charge in [-0.2, -0.15) is 0 Å². The number of rotatable bonds is 7. The quantitative estimate of drug-likeness (QED) is 0.576. The van der Waals surface area contributed by atoms with Crippen molar-refractivity contribution in [3.8, 4) is 0 Å². The molecule has 1 unspecified atom stereocenters. The zero-order valence-corrected chi connectivity index (χ0v) is 18.7. The predicted octanol–water partition coefficient (Wildman–Crippen LogP) is 4.33. The predicted molar refractivity (Wildman–Crippen MR) is 114 cm³/mol. The third-order valence-electron chi connectivity index (χ3n) is 4.44. The van der Waals surface area contributed by atoms with Crippen LogP contribution >= 0.6 is 11.3 Å². The third kappa shape index (κ3) is 4.36. The highest BCUT2D eigenvalue weighted by Gasteiger charge is 2.31. The fourth-order valence-electron chi connectivity index (χ4n) is 2.53. The lowest BCUT2D eigenvalue weighted by atomic mass is 10.2. The molecule has 0 radical (unpaired) electrons. The van der Waals surface area contributed by atoms with Gasteiger partial charge in [0.05, 0.1) is 9.79 Å². The summed E-state index contributed by atoms with van der Waals surface area (Å²) in [5.74, 6) is 0. The minimum Gasteiger partial charge on any atom is -0.372 e. The van der Waals surface area contributed by atoms with Crippen LogP contribution in [0.3, 0.4) is 0 Å². The number of sulfone groups is 2. The first-order valence-electron chi connectivity index (χ1n) is 9.05. The molecule has 3 rings (SSSR count). The summed E-state index contributed by atoms with van der Waals surface area (Å²) in [4.78, 5) is 4.24. The Labute approximate surface area is 175 Å². The molecule has 0 aliphatic rings. The number of nitrogens with zero attached hydrogens (tertiary/aromatic N) is 1. The molecule has 0 amide bonds. The van der Waals surface area contributed by atoms with E-state index < -0.39 is 19.7 Å². The molecule has 0 aliphatic carbocycles. The summed E-state index contributed by atoms with van der Waals surface area (Å²) in [5, 5.41) is 3.07. The summed E-state index contributed by atoms with van der Waals surface area (Å²) in [5.41, 5.74) is 0.924. The maximum Gasteiger partial charge on any atom is 0.233 e. The summed E-state index contributed by atoms with van der Waals surface area (Å²) in [7, 11) is -7.92. The van der Waals surface area contributed by atoms with Crippen molar-refractivity contribution in [2.75, 3.05) is 5.32 Å². The molecular formula is C20H22N2O4S3. The Kier molecular flexibility index (Phi) is 6.11. The Morgan fingerprint density at radius 2 is 1.52 bits per heavy atom. The third-order valence-corrected chi connectivity index (χ3v) is 9.40. The van der Waals surface area contributed by atoms with Crippen molar-refractivity contribution in [3.63, 3.8) is 0 Å². The zero-order chi connectivity index (χ0) is 21.2. The Balaban J connectivity index is 2.17. The average molecular weight is 451 g/mol. The van der Waals surface area contributed by atoms with Gasteiger partial charge in [-0.1, -0.05) is 54.2 Å². The lowest BCUT2D eigenvalue weighted by Crippen LogP contribution is -2.15. The Morgan fingerprint density at radius 1 is 0.931 bits per heavy atom. The Bertz CT molecular complexity index is 1200. The van der Waals surface area contributed by atoms with E-state index in [1.807, 2.05) is 20.8 Å². The number of nitrogens with one attached hydrogen (secondary N) is 1. The summed E-state index contributed by atoms with van der Waals surface area (Å²) < 4.78 is 52.2. The summed E-state index contributed by atoms with van der Waals surface area (Å²) in [6.45, 7) is 5.71. The van der Waals surface area contributed by atoms with E-state index in [2.05, 4.69) is 10.3 Å². The number of aryl methyl sites for hydroxylation is 1. The molecule has 0 bridgehead atoms. The number of hydrogen-bond donors (Lipinski definition) is 1. The molecule has 0 fully saturated rings. The first kappa shape index (κ1) is 21.5. The molecule has 1 aromatic heterocycles. The molecule has 0 aliphatic heterocycles. The van der Waals surface area contributed by atoms with Gasteiger partial charge < -0.3 is 5.32 Å². The largest absolute Gasteiger partial charge is 0.372 e. The van der Waals surface area contributed by atoms with Gasteiger partial charge in [-0.3, -0.25) is 0 Å².